The maximum absolute atomic E-state index is 12.6. The minimum absolute atomic E-state index is 0.0842. The highest BCUT2D eigenvalue weighted by molar-refractivity contribution is 6.30. The molecule has 0 aliphatic carbocycles. The minimum Gasteiger partial charge on any atom is -0.351 e. The van der Waals surface area contributed by atoms with E-state index < -0.39 is 0 Å². The molecule has 0 fully saturated rings. The van der Waals surface area contributed by atoms with Gasteiger partial charge in [-0.2, -0.15) is 0 Å². The van der Waals surface area contributed by atoms with Gasteiger partial charge in [-0.05, 0) is 23.6 Å². The third-order valence-electron chi connectivity index (χ3n) is 4.93. The number of rotatable bonds is 4. The number of aliphatic imine (C=N–C) groups is 1. The Bertz CT molecular complexity index is 845. The highest BCUT2D eigenvalue weighted by Gasteiger charge is 2.20. The molecule has 1 aromatic carbocycles. The Balaban J connectivity index is 1.55. The van der Waals surface area contributed by atoms with E-state index in [1.807, 2.05) is 46.8 Å². The lowest BCUT2D eigenvalue weighted by atomic mass is 10.00. The van der Waals surface area contributed by atoms with Gasteiger partial charge in [-0.3, -0.25) is 9.79 Å². The van der Waals surface area contributed by atoms with E-state index in [0.717, 1.165) is 18.7 Å². The van der Waals surface area contributed by atoms with Crippen molar-refractivity contribution in [1.29, 1.82) is 0 Å². The fraction of sp³-hybridized carbons (Fsp3) is 0.400. The Hall–Kier alpha value is -2.47. The first-order chi connectivity index (χ1) is 13.0. The summed E-state index contributed by atoms with van der Waals surface area (Å²) < 4.78 is 1.99. The van der Waals surface area contributed by atoms with Crippen molar-refractivity contribution in [3.8, 4) is 0 Å². The number of carbonyl (C=O) groups excluding carboxylic acids is 1. The van der Waals surface area contributed by atoms with Gasteiger partial charge in [0.05, 0.1) is 18.1 Å². The average Bonchev–Trinajstić information content (AvgIpc) is 2.98. The molecule has 0 bridgehead atoms. The second-order valence-electron chi connectivity index (χ2n) is 6.85. The molecule has 2 heterocycles. The molecule has 0 radical (unpaired) electrons. The van der Waals surface area contributed by atoms with Gasteiger partial charge in [-0.15, -0.1) is 0 Å². The Kier molecular flexibility index (Phi) is 6.06. The molecule has 2 aromatic rings. The van der Waals surface area contributed by atoms with Crippen LogP contribution in [0.2, 0.25) is 5.02 Å². The standard InChI is InChI=1S/C20H26ClN5O/c1-22-20(25(3)14-18-10-17(21)13-24(18)2)23-11-19(27)26-9-8-15-6-4-5-7-16(15)12-26/h4-7,10,13H,8-9,11-12,14H2,1-3H3,(H,22,23). The number of fused-ring (bicyclic) bond motifs is 1. The van der Waals surface area contributed by atoms with Crippen LogP contribution < -0.4 is 5.32 Å². The molecule has 0 unspecified atom stereocenters. The summed E-state index contributed by atoms with van der Waals surface area (Å²) in [5, 5.41) is 3.89. The second kappa shape index (κ2) is 8.48. The lowest BCUT2D eigenvalue weighted by Gasteiger charge is -2.29. The summed E-state index contributed by atoms with van der Waals surface area (Å²) in [7, 11) is 5.62. The third-order valence-corrected chi connectivity index (χ3v) is 5.13. The number of aromatic nitrogens is 1. The molecule has 1 aromatic heterocycles. The van der Waals surface area contributed by atoms with Crippen molar-refractivity contribution in [2.75, 3.05) is 27.2 Å². The van der Waals surface area contributed by atoms with E-state index in [2.05, 4.69) is 28.5 Å². The fourth-order valence-corrected chi connectivity index (χ4v) is 3.67. The van der Waals surface area contributed by atoms with Gasteiger partial charge >= 0.3 is 0 Å². The summed E-state index contributed by atoms with van der Waals surface area (Å²) in [6.07, 6.45) is 2.78. The van der Waals surface area contributed by atoms with Gasteiger partial charge in [0.2, 0.25) is 5.91 Å². The molecule has 27 heavy (non-hydrogen) atoms. The first kappa shape index (κ1) is 19.3. The predicted octanol–water partition coefficient (Wildman–Crippen LogP) is 2.27. The molecular weight excluding hydrogens is 362 g/mol. The average molecular weight is 388 g/mol. The van der Waals surface area contributed by atoms with E-state index in [1.54, 1.807) is 7.05 Å². The summed E-state index contributed by atoms with van der Waals surface area (Å²) in [5.41, 5.74) is 3.65. The normalized spacial score (nSPS) is 14.1. The maximum atomic E-state index is 12.6. The summed E-state index contributed by atoms with van der Waals surface area (Å²) in [6, 6.07) is 10.2. The molecule has 6 nitrogen and oxygen atoms in total. The molecule has 0 saturated carbocycles. The Morgan fingerprint density at radius 2 is 2.07 bits per heavy atom. The van der Waals surface area contributed by atoms with Crippen molar-refractivity contribution in [3.63, 3.8) is 0 Å². The number of hydrogen-bond donors (Lipinski definition) is 1. The number of nitrogens with zero attached hydrogens (tertiary/aromatic N) is 4. The Labute approximate surface area is 165 Å². The number of halogens is 1. The maximum Gasteiger partial charge on any atom is 0.242 e. The topological polar surface area (TPSA) is 52.9 Å². The van der Waals surface area contributed by atoms with Gasteiger partial charge in [0, 0.05) is 46.1 Å². The van der Waals surface area contributed by atoms with Crippen LogP contribution in [-0.2, 0) is 31.4 Å². The molecule has 144 valence electrons. The number of aryl methyl sites for hydroxylation is 1. The summed E-state index contributed by atoms with van der Waals surface area (Å²) >= 11 is 6.05. The highest BCUT2D eigenvalue weighted by Crippen LogP contribution is 2.18. The predicted molar refractivity (Wildman–Crippen MR) is 109 cm³/mol. The molecule has 3 rings (SSSR count). The van der Waals surface area contributed by atoms with Crippen molar-refractivity contribution in [3.05, 3.63) is 58.4 Å². The first-order valence-corrected chi connectivity index (χ1v) is 9.43. The van der Waals surface area contributed by atoms with Gasteiger partial charge < -0.3 is 19.7 Å². The van der Waals surface area contributed by atoms with Crippen LogP contribution in [0.1, 0.15) is 16.8 Å². The number of amides is 1. The highest BCUT2D eigenvalue weighted by atomic mass is 35.5. The quantitative estimate of drug-likeness (QED) is 0.646. The molecule has 0 spiro atoms. The molecule has 0 atom stereocenters. The zero-order valence-electron chi connectivity index (χ0n) is 16.1. The van der Waals surface area contributed by atoms with Crippen LogP contribution in [0, 0.1) is 0 Å². The van der Waals surface area contributed by atoms with Crippen LogP contribution in [0.25, 0.3) is 0 Å². The Morgan fingerprint density at radius 1 is 1.33 bits per heavy atom. The molecule has 1 aliphatic rings. The van der Waals surface area contributed by atoms with Crippen molar-refractivity contribution in [2.24, 2.45) is 12.0 Å². The van der Waals surface area contributed by atoms with Gasteiger partial charge in [0.15, 0.2) is 5.96 Å². The molecule has 1 aliphatic heterocycles. The van der Waals surface area contributed by atoms with Gasteiger partial charge in [0.25, 0.3) is 0 Å². The van der Waals surface area contributed by atoms with E-state index in [-0.39, 0.29) is 12.5 Å². The van der Waals surface area contributed by atoms with E-state index >= 15 is 0 Å². The summed E-state index contributed by atoms with van der Waals surface area (Å²) in [6.45, 7) is 2.31. The number of benzene rings is 1. The van der Waals surface area contributed by atoms with Crippen LogP contribution in [0.3, 0.4) is 0 Å². The molecular formula is C20H26ClN5O. The third kappa shape index (κ3) is 4.63. The van der Waals surface area contributed by atoms with Crippen LogP contribution in [0.15, 0.2) is 41.5 Å². The number of carbonyl (C=O) groups is 1. The lowest BCUT2D eigenvalue weighted by molar-refractivity contribution is -0.130. The van der Waals surface area contributed by atoms with Crippen molar-refractivity contribution in [1.82, 2.24) is 19.7 Å². The SMILES string of the molecule is CN=C(NCC(=O)N1CCc2ccccc2C1)N(C)Cc1cc(Cl)cn1C. The Morgan fingerprint density at radius 3 is 2.74 bits per heavy atom. The van der Waals surface area contributed by atoms with Gasteiger partial charge in [-0.25, -0.2) is 0 Å². The van der Waals surface area contributed by atoms with Crippen LogP contribution in [0.5, 0.6) is 0 Å². The van der Waals surface area contributed by atoms with E-state index in [4.69, 9.17) is 11.6 Å². The largest absolute Gasteiger partial charge is 0.351 e. The van der Waals surface area contributed by atoms with Gasteiger partial charge in [0.1, 0.15) is 0 Å². The zero-order valence-corrected chi connectivity index (χ0v) is 16.8. The molecule has 7 heteroatoms. The van der Waals surface area contributed by atoms with E-state index in [0.29, 0.717) is 24.1 Å². The van der Waals surface area contributed by atoms with Crippen molar-refractivity contribution >= 4 is 23.5 Å². The van der Waals surface area contributed by atoms with Crippen LogP contribution in [-0.4, -0.2) is 53.4 Å². The lowest BCUT2D eigenvalue weighted by Crippen LogP contribution is -2.46. The first-order valence-electron chi connectivity index (χ1n) is 9.05. The van der Waals surface area contributed by atoms with E-state index in [1.165, 1.54) is 11.1 Å². The number of guanidine groups is 1. The number of hydrogen-bond acceptors (Lipinski definition) is 2. The summed E-state index contributed by atoms with van der Waals surface area (Å²) in [4.78, 5) is 20.8. The molecule has 0 saturated heterocycles. The second-order valence-corrected chi connectivity index (χ2v) is 7.29. The number of nitrogens with one attached hydrogen (secondary N) is 1. The summed E-state index contributed by atoms with van der Waals surface area (Å²) in [5.74, 6) is 0.763. The van der Waals surface area contributed by atoms with Crippen molar-refractivity contribution in [2.45, 2.75) is 19.5 Å². The van der Waals surface area contributed by atoms with Crippen LogP contribution in [0.4, 0.5) is 0 Å². The van der Waals surface area contributed by atoms with Crippen molar-refractivity contribution < 1.29 is 4.79 Å². The fourth-order valence-electron chi connectivity index (χ4n) is 3.40. The van der Waals surface area contributed by atoms with Gasteiger partial charge in [-0.1, -0.05) is 35.9 Å². The van der Waals surface area contributed by atoms with Crippen LogP contribution >= 0.6 is 11.6 Å². The minimum atomic E-state index is 0.0842. The molecule has 1 N–H and O–H groups in total. The monoisotopic (exact) mass is 387 g/mol. The smallest absolute Gasteiger partial charge is 0.242 e. The van der Waals surface area contributed by atoms with E-state index in [9.17, 15) is 4.79 Å². The molecule has 1 amide bonds. The zero-order chi connectivity index (χ0) is 19.4.